The predicted molar refractivity (Wildman–Crippen MR) is 178 cm³/mol. The van der Waals surface area contributed by atoms with Crippen LogP contribution in [0.15, 0.2) is 91.1 Å². The number of nitro benzene ring substituents is 1. The van der Waals surface area contributed by atoms with E-state index in [4.69, 9.17) is 17.0 Å². The van der Waals surface area contributed by atoms with Crippen molar-refractivity contribution in [2.24, 2.45) is 0 Å². The van der Waals surface area contributed by atoms with Gasteiger partial charge in [-0.1, -0.05) is 42.5 Å². The number of benzene rings is 3. The maximum absolute atomic E-state index is 13.3. The first kappa shape index (κ1) is 29.8. The highest BCUT2D eigenvalue weighted by Crippen LogP contribution is 2.42. The second-order valence-corrected chi connectivity index (χ2v) is 11.3. The highest BCUT2D eigenvalue weighted by Gasteiger charge is 2.41. The van der Waals surface area contributed by atoms with E-state index in [1.807, 2.05) is 79.1 Å². The summed E-state index contributed by atoms with van der Waals surface area (Å²) in [6.07, 6.45) is 1.97. The van der Waals surface area contributed by atoms with Gasteiger partial charge in [0.05, 0.1) is 41.6 Å². The van der Waals surface area contributed by atoms with E-state index in [-0.39, 0.29) is 30.1 Å². The van der Waals surface area contributed by atoms with Crippen molar-refractivity contribution in [3.8, 4) is 11.4 Å². The topological polar surface area (TPSA) is 115 Å². The number of hydrogen-bond donors (Lipinski definition) is 2. The molecule has 10 nitrogen and oxygen atoms in total. The molecule has 45 heavy (non-hydrogen) atoms. The number of hydrogen-bond acceptors (Lipinski definition) is 6. The number of aromatic nitrogens is 2. The molecule has 1 aliphatic rings. The number of nitrogens with one attached hydrogen (secondary N) is 2. The first-order valence-corrected chi connectivity index (χ1v) is 14.9. The highest BCUT2D eigenvalue weighted by molar-refractivity contribution is 7.80. The first-order chi connectivity index (χ1) is 21.8. The SMILES string of the molecule is COc1cc([N+](=O)[O-])ccc1-n1c(C)cc([C@@H]2[C@H](c3ccccn3)NC(=S)N2CCC(=O)Nc2cccc3ccccc23)c1C. The van der Waals surface area contributed by atoms with Gasteiger partial charge in [0, 0.05) is 47.7 Å². The van der Waals surface area contributed by atoms with Crippen LogP contribution in [0.25, 0.3) is 16.5 Å². The molecule has 3 aromatic carbocycles. The Morgan fingerprint density at radius 3 is 2.60 bits per heavy atom. The normalized spacial score (nSPS) is 16.1. The van der Waals surface area contributed by atoms with Crippen LogP contribution in [0.2, 0.25) is 0 Å². The molecule has 3 heterocycles. The summed E-state index contributed by atoms with van der Waals surface area (Å²) in [5, 5.41) is 20.5. The number of ether oxygens (including phenoxy) is 1. The fourth-order valence-corrected chi connectivity index (χ4v) is 6.51. The third-order valence-electron chi connectivity index (χ3n) is 8.25. The molecule has 1 saturated heterocycles. The zero-order chi connectivity index (χ0) is 31.7. The second kappa shape index (κ2) is 12.4. The van der Waals surface area contributed by atoms with Gasteiger partial charge in [0.2, 0.25) is 5.91 Å². The Kier molecular flexibility index (Phi) is 8.18. The van der Waals surface area contributed by atoms with Gasteiger partial charge in [-0.2, -0.15) is 0 Å². The number of rotatable bonds is 9. The molecule has 0 aliphatic carbocycles. The number of anilines is 1. The van der Waals surface area contributed by atoms with Gasteiger partial charge in [-0.25, -0.2) is 0 Å². The van der Waals surface area contributed by atoms with Crippen molar-refractivity contribution in [2.45, 2.75) is 32.4 Å². The largest absolute Gasteiger partial charge is 0.494 e. The lowest BCUT2D eigenvalue weighted by Gasteiger charge is -2.28. The number of nitro groups is 1. The molecule has 0 radical (unpaired) electrons. The van der Waals surface area contributed by atoms with Gasteiger partial charge in [0.15, 0.2) is 5.11 Å². The van der Waals surface area contributed by atoms with Crippen molar-refractivity contribution >= 4 is 45.4 Å². The Bertz CT molecular complexity index is 1920. The van der Waals surface area contributed by atoms with Crippen LogP contribution < -0.4 is 15.4 Å². The van der Waals surface area contributed by atoms with Crippen LogP contribution in [0.5, 0.6) is 5.75 Å². The molecule has 0 unspecified atom stereocenters. The van der Waals surface area contributed by atoms with E-state index in [2.05, 4.69) is 26.6 Å². The van der Waals surface area contributed by atoms with Gasteiger partial charge >= 0.3 is 0 Å². The summed E-state index contributed by atoms with van der Waals surface area (Å²) in [7, 11) is 1.50. The monoisotopic (exact) mass is 620 g/mol. The summed E-state index contributed by atoms with van der Waals surface area (Å²) >= 11 is 5.86. The lowest BCUT2D eigenvalue weighted by Crippen LogP contribution is -2.33. The molecular formula is C34H32N6O4S. The number of nitrogens with zero attached hydrogens (tertiary/aromatic N) is 4. The maximum Gasteiger partial charge on any atom is 0.273 e. The zero-order valence-corrected chi connectivity index (χ0v) is 25.9. The number of carbonyl (C=O) groups is 1. The Balaban J connectivity index is 1.34. The van der Waals surface area contributed by atoms with Crippen molar-refractivity contribution in [2.75, 3.05) is 19.0 Å². The van der Waals surface area contributed by atoms with E-state index in [0.717, 1.165) is 39.1 Å². The van der Waals surface area contributed by atoms with E-state index in [9.17, 15) is 14.9 Å². The number of pyridine rings is 1. The Morgan fingerprint density at radius 2 is 1.84 bits per heavy atom. The van der Waals surface area contributed by atoms with Gasteiger partial charge in [0.1, 0.15) is 5.75 Å². The summed E-state index contributed by atoms with van der Waals surface area (Å²) < 4.78 is 7.61. The number of amides is 1. The second-order valence-electron chi connectivity index (χ2n) is 10.9. The lowest BCUT2D eigenvalue weighted by atomic mass is 9.96. The molecular weight excluding hydrogens is 588 g/mol. The van der Waals surface area contributed by atoms with Gasteiger partial charge in [-0.05, 0) is 67.3 Å². The van der Waals surface area contributed by atoms with Gasteiger partial charge < -0.3 is 24.8 Å². The molecule has 0 saturated carbocycles. The molecule has 11 heteroatoms. The number of fused-ring (bicyclic) bond motifs is 1. The summed E-state index contributed by atoms with van der Waals surface area (Å²) in [6.45, 7) is 4.36. The van der Waals surface area contributed by atoms with Crippen LogP contribution in [0, 0.1) is 24.0 Å². The third-order valence-corrected chi connectivity index (χ3v) is 8.60. The summed E-state index contributed by atoms with van der Waals surface area (Å²) in [4.78, 5) is 31.0. The molecule has 0 bridgehead atoms. The van der Waals surface area contributed by atoms with Crippen LogP contribution in [-0.2, 0) is 4.79 Å². The van der Waals surface area contributed by atoms with Crippen molar-refractivity contribution in [3.05, 3.63) is 124 Å². The molecule has 2 atom stereocenters. The molecule has 6 rings (SSSR count). The maximum atomic E-state index is 13.3. The quantitative estimate of drug-likeness (QED) is 0.108. The Hall–Kier alpha value is -5.29. The number of non-ortho nitro benzene ring substituents is 1. The lowest BCUT2D eigenvalue weighted by molar-refractivity contribution is -0.384. The molecule has 1 amide bonds. The van der Waals surface area contributed by atoms with E-state index in [0.29, 0.717) is 23.1 Å². The number of aryl methyl sites for hydroxylation is 1. The minimum atomic E-state index is -0.440. The van der Waals surface area contributed by atoms with Crippen LogP contribution in [-0.4, -0.2) is 44.0 Å². The molecule has 1 fully saturated rings. The zero-order valence-electron chi connectivity index (χ0n) is 25.1. The van der Waals surface area contributed by atoms with E-state index in [1.165, 1.54) is 19.2 Å². The van der Waals surface area contributed by atoms with E-state index in [1.54, 1.807) is 12.3 Å². The van der Waals surface area contributed by atoms with Crippen LogP contribution >= 0.6 is 12.2 Å². The predicted octanol–water partition coefficient (Wildman–Crippen LogP) is 6.56. The van der Waals surface area contributed by atoms with Crippen molar-refractivity contribution < 1.29 is 14.5 Å². The minimum Gasteiger partial charge on any atom is -0.494 e. The Morgan fingerprint density at radius 1 is 1.07 bits per heavy atom. The average molecular weight is 621 g/mol. The third kappa shape index (κ3) is 5.69. The number of methoxy groups -OCH3 is 1. The average Bonchev–Trinajstić information content (AvgIpc) is 3.53. The standard InChI is InChI=1S/C34H32N6O4S/c1-21-19-26(22(2)39(21)29-15-14-24(40(42)43)20-30(29)44-3)33-32(28-12-6-7-17-35-28)37-34(45)38(33)18-16-31(41)36-27-13-8-10-23-9-4-5-11-25(23)27/h4-15,17,19-20,32-33H,16,18H2,1-3H3,(H,36,41)(H,37,45)/t32-,33+/m0/s1. The Labute approximate surface area is 265 Å². The summed E-state index contributed by atoms with van der Waals surface area (Å²) in [5.41, 5.74) is 5.06. The smallest absolute Gasteiger partial charge is 0.273 e. The van der Waals surface area contributed by atoms with Crippen LogP contribution in [0.4, 0.5) is 11.4 Å². The van der Waals surface area contributed by atoms with Crippen molar-refractivity contribution in [1.82, 2.24) is 19.8 Å². The minimum absolute atomic E-state index is 0.0493. The van der Waals surface area contributed by atoms with Crippen molar-refractivity contribution in [1.29, 1.82) is 0 Å². The fourth-order valence-electron chi connectivity index (χ4n) is 6.18. The van der Waals surface area contributed by atoms with Gasteiger partial charge in [-0.3, -0.25) is 19.9 Å². The molecule has 0 spiro atoms. The number of thiocarbonyl (C=S) groups is 1. The van der Waals surface area contributed by atoms with Gasteiger partial charge in [-0.15, -0.1) is 0 Å². The fraction of sp³-hybridized carbons (Fsp3) is 0.206. The van der Waals surface area contributed by atoms with Crippen LogP contribution in [0.1, 0.15) is 41.1 Å². The highest BCUT2D eigenvalue weighted by atomic mass is 32.1. The molecule has 2 N–H and O–H groups in total. The van der Waals surface area contributed by atoms with E-state index < -0.39 is 4.92 Å². The molecule has 2 aromatic heterocycles. The molecule has 228 valence electrons. The van der Waals surface area contributed by atoms with Crippen molar-refractivity contribution in [3.63, 3.8) is 0 Å². The summed E-state index contributed by atoms with van der Waals surface area (Å²) in [5.74, 6) is 0.274. The summed E-state index contributed by atoms with van der Waals surface area (Å²) in [6, 6.07) is 25.7. The van der Waals surface area contributed by atoms with Gasteiger partial charge in [0.25, 0.3) is 5.69 Å². The number of carbonyl (C=O) groups excluding carboxylic acids is 1. The molecule has 1 aliphatic heterocycles. The molecule has 5 aromatic rings. The van der Waals surface area contributed by atoms with Crippen LogP contribution in [0.3, 0.4) is 0 Å². The van der Waals surface area contributed by atoms with E-state index >= 15 is 0 Å². The first-order valence-electron chi connectivity index (χ1n) is 14.5.